The first-order chi connectivity index (χ1) is 11.2. The Labute approximate surface area is 136 Å². The second kappa shape index (κ2) is 5.93. The molecule has 4 heteroatoms. The lowest BCUT2D eigenvalue weighted by Crippen LogP contribution is -2.32. The van der Waals surface area contributed by atoms with Gasteiger partial charge in [-0.1, -0.05) is 24.3 Å². The Morgan fingerprint density at radius 3 is 2.91 bits per heavy atom. The number of likely N-dealkylation sites (tertiary alicyclic amines) is 1. The Morgan fingerprint density at radius 2 is 2.04 bits per heavy atom. The van der Waals surface area contributed by atoms with Gasteiger partial charge in [-0.15, -0.1) is 0 Å². The normalized spacial score (nSPS) is 25.2. The number of ether oxygens (including phenoxy) is 1. The third-order valence-corrected chi connectivity index (χ3v) is 5.18. The summed E-state index contributed by atoms with van der Waals surface area (Å²) in [5, 5.41) is 1.14. The summed E-state index contributed by atoms with van der Waals surface area (Å²) in [4.78, 5) is 19.1. The molecule has 0 aliphatic carbocycles. The van der Waals surface area contributed by atoms with Crippen molar-refractivity contribution < 1.29 is 9.53 Å². The molecule has 4 rings (SSSR count). The number of amides is 1. The van der Waals surface area contributed by atoms with Crippen LogP contribution in [0.5, 0.6) is 0 Å². The monoisotopic (exact) mass is 310 g/mol. The van der Waals surface area contributed by atoms with Crippen molar-refractivity contribution in [2.75, 3.05) is 13.2 Å². The van der Waals surface area contributed by atoms with Crippen LogP contribution in [0.2, 0.25) is 0 Å². The number of carbonyl (C=O) groups is 1. The molecule has 2 saturated heterocycles. The van der Waals surface area contributed by atoms with Crippen LogP contribution in [-0.4, -0.2) is 34.5 Å². The Morgan fingerprint density at radius 1 is 1.13 bits per heavy atom. The Bertz CT molecular complexity index is 722. The zero-order valence-electron chi connectivity index (χ0n) is 13.3. The fraction of sp³-hybridized carbons (Fsp3) is 0.474. The molecule has 0 unspecified atom stereocenters. The molecule has 0 radical (unpaired) electrons. The quantitative estimate of drug-likeness (QED) is 0.855. The molecular formula is C19H22N2O2. The largest absolute Gasteiger partial charge is 0.375 e. The Kier molecular flexibility index (Phi) is 3.77. The number of nitrogens with zero attached hydrogens (tertiary/aromatic N) is 2. The SMILES string of the molecule is O=C1CC[C@@]2(CCCO2)CCN1Cc1ccc2ccccc2n1. The van der Waals surface area contributed by atoms with Gasteiger partial charge < -0.3 is 9.64 Å². The van der Waals surface area contributed by atoms with E-state index in [4.69, 9.17) is 9.72 Å². The van der Waals surface area contributed by atoms with E-state index in [0.717, 1.165) is 55.4 Å². The van der Waals surface area contributed by atoms with E-state index in [1.165, 1.54) is 0 Å². The molecule has 1 amide bonds. The van der Waals surface area contributed by atoms with Gasteiger partial charge in [0.2, 0.25) is 5.91 Å². The summed E-state index contributed by atoms with van der Waals surface area (Å²) in [6.07, 6.45) is 4.64. The Hall–Kier alpha value is -1.94. The van der Waals surface area contributed by atoms with Gasteiger partial charge in [-0.05, 0) is 37.8 Å². The molecular weight excluding hydrogens is 288 g/mol. The van der Waals surface area contributed by atoms with Crippen LogP contribution in [0.15, 0.2) is 36.4 Å². The number of para-hydroxylation sites is 1. The zero-order chi connectivity index (χ0) is 15.7. The zero-order valence-corrected chi connectivity index (χ0v) is 13.3. The highest BCUT2D eigenvalue weighted by molar-refractivity contribution is 5.79. The molecule has 2 aliphatic heterocycles. The van der Waals surface area contributed by atoms with Crippen molar-refractivity contribution in [3.05, 3.63) is 42.1 Å². The number of hydrogen-bond donors (Lipinski definition) is 0. The topological polar surface area (TPSA) is 42.4 Å². The van der Waals surface area contributed by atoms with Crippen molar-refractivity contribution in [1.82, 2.24) is 9.88 Å². The minimum absolute atomic E-state index is 0.0405. The van der Waals surface area contributed by atoms with Gasteiger partial charge in [0.25, 0.3) is 0 Å². The number of carbonyl (C=O) groups excluding carboxylic acids is 1. The van der Waals surface area contributed by atoms with Gasteiger partial charge in [-0.2, -0.15) is 0 Å². The third kappa shape index (κ3) is 2.95. The second-order valence-corrected chi connectivity index (χ2v) is 6.70. The molecule has 2 aliphatic rings. The fourth-order valence-electron chi connectivity index (χ4n) is 3.79. The van der Waals surface area contributed by atoms with Crippen LogP contribution in [0.4, 0.5) is 0 Å². The van der Waals surface area contributed by atoms with Crippen molar-refractivity contribution in [1.29, 1.82) is 0 Å². The number of pyridine rings is 1. The maximum atomic E-state index is 12.5. The van der Waals surface area contributed by atoms with Crippen LogP contribution >= 0.6 is 0 Å². The highest BCUT2D eigenvalue weighted by Crippen LogP contribution is 2.36. The number of fused-ring (bicyclic) bond motifs is 1. The maximum Gasteiger partial charge on any atom is 0.223 e. The van der Waals surface area contributed by atoms with Crippen LogP contribution in [0.1, 0.15) is 37.8 Å². The van der Waals surface area contributed by atoms with E-state index in [1.54, 1.807) is 0 Å². The van der Waals surface area contributed by atoms with Gasteiger partial charge in [0.15, 0.2) is 0 Å². The molecule has 0 N–H and O–H groups in total. The molecule has 1 aromatic heterocycles. The van der Waals surface area contributed by atoms with Crippen molar-refractivity contribution in [3.8, 4) is 0 Å². The maximum absolute atomic E-state index is 12.5. The minimum Gasteiger partial charge on any atom is -0.375 e. The second-order valence-electron chi connectivity index (χ2n) is 6.70. The van der Waals surface area contributed by atoms with Crippen LogP contribution in [0.25, 0.3) is 10.9 Å². The van der Waals surface area contributed by atoms with E-state index in [-0.39, 0.29) is 11.5 Å². The van der Waals surface area contributed by atoms with Gasteiger partial charge in [0, 0.05) is 25.0 Å². The molecule has 23 heavy (non-hydrogen) atoms. The number of aromatic nitrogens is 1. The summed E-state index contributed by atoms with van der Waals surface area (Å²) in [7, 11) is 0. The average molecular weight is 310 g/mol. The van der Waals surface area contributed by atoms with E-state index in [0.29, 0.717) is 13.0 Å². The number of rotatable bonds is 2. The Balaban J connectivity index is 1.51. The van der Waals surface area contributed by atoms with E-state index in [2.05, 4.69) is 12.1 Å². The average Bonchev–Trinajstić information content (AvgIpc) is 2.99. The number of hydrogen-bond acceptors (Lipinski definition) is 3. The molecule has 3 heterocycles. The summed E-state index contributed by atoms with van der Waals surface area (Å²) in [5.74, 6) is 0.229. The lowest BCUT2D eigenvalue weighted by Gasteiger charge is -2.26. The van der Waals surface area contributed by atoms with Crippen molar-refractivity contribution in [3.63, 3.8) is 0 Å². The standard InChI is InChI=1S/C19H22N2O2/c22-18-8-10-19(9-3-13-23-19)11-12-21(18)14-16-7-6-15-4-1-2-5-17(15)20-16/h1-2,4-7H,3,8-14H2/t19-/m0/s1. The summed E-state index contributed by atoms with van der Waals surface area (Å²) in [6.45, 7) is 2.22. The highest BCUT2D eigenvalue weighted by atomic mass is 16.5. The molecule has 120 valence electrons. The summed E-state index contributed by atoms with van der Waals surface area (Å²) in [5.41, 5.74) is 1.91. The van der Waals surface area contributed by atoms with Crippen LogP contribution < -0.4 is 0 Å². The smallest absolute Gasteiger partial charge is 0.223 e. The first-order valence-corrected chi connectivity index (χ1v) is 8.51. The third-order valence-electron chi connectivity index (χ3n) is 5.18. The summed E-state index contributed by atoms with van der Waals surface area (Å²) in [6, 6.07) is 12.2. The van der Waals surface area contributed by atoms with Crippen molar-refractivity contribution in [2.24, 2.45) is 0 Å². The van der Waals surface area contributed by atoms with Crippen LogP contribution in [0, 0.1) is 0 Å². The highest BCUT2D eigenvalue weighted by Gasteiger charge is 2.38. The van der Waals surface area contributed by atoms with E-state index in [9.17, 15) is 4.79 Å². The van der Waals surface area contributed by atoms with Gasteiger partial charge in [-0.3, -0.25) is 9.78 Å². The van der Waals surface area contributed by atoms with E-state index >= 15 is 0 Å². The molecule has 0 bridgehead atoms. The lowest BCUT2D eigenvalue weighted by molar-refractivity contribution is -0.131. The van der Waals surface area contributed by atoms with E-state index < -0.39 is 0 Å². The van der Waals surface area contributed by atoms with Gasteiger partial charge >= 0.3 is 0 Å². The molecule has 2 fully saturated rings. The molecule has 2 aromatic rings. The molecule has 1 aromatic carbocycles. The van der Waals surface area contributed by atoms with Gasteiger partial charge in [0.05, 0.1) is 23.4 Å². The van der Waals surface area contributed by atoms with Crippen LogP contribution in [-0.2, 0) is 16.1 Å². The predicted molar refractivity (Wildman–Crippen MR) is 88.9 cm³/mol. The first-order valence-electron chi connectivity index (χ1n) is 8.51. The molecule has 1 atom stereocenters. The molecule has 4 nitrogen and oxygen atoms in total. The van der Waals surface area contributed by atoms with Crippen molar-refractivity contribution in [2.45, 2.75) is 44.2 Å². The van der Waals surface area contributed by atoms with E-state index in [1.807, 2.05) is 29.2 Å². The first kappa shape index (κ1) is 14.6. The molecule has 1 spiro atoms. The molecule has 0 saturated carbocycles. The predicted octanol–water partition coefficient (Wildman–Crippen LogP) is 3.30. The fourth-order valence-corrected chi connectivity index (χ4v) is 3.79. The minimum atomic E-state index is -0.0405. The van der Waals surface area contributed by atoms with Gasteiger partial charge in [0.1, 0.15) is 0 Å². The summed E-state index contributed by atoms with van der Waals surface area (Å²) < 4.78 is 5.97. The van der Waals surface area contributed by atoms with Crippen LogP contribution in [0.3, 0.4) is 0 Å². The lowest BCUT2D eigenvalue weighted by atomic mass is 9.92. The van der Waals surface area contributed by atoms with Crippen molar-refractivity contribution >= 4 is 16.8 Å². The van der Waals surface area contributed by atoms with Gasteiger partial charge in [-0.25, -0.2) is 0 Å². The number of benzene rings is 1. The summed E-state index contributed by atoms with van der Waals surface area (Å²) >= 11 is 0.